The lowest BCUT2D eigenvalue weighted by atomic mass is 9.62. The molecule has 1 unspecified atom stereocenters. The molecule has 0 aliphatic heterocycles. The van der Waals surface area contributed by atoms with Crippen LogP contribution in [0.1, 0.15) is 59.7 Å². The van der Waals surface area contributed by atoms with E-state index < -0.39 is 28.7 Å². The molecule has 1 heterocycles. The van der Waals surface area contributed by atoms with Crippen LogP contribution in [0.2, 0.25) is 0 Å². The van der Waals surface area contributed by atoms with Gasteiger partial charge in [0.2, 0.25) is 0 Å². The van der Waals surface area contributed by atoms with Crippen LogP contribution in [0.3, 0.4) is 0 Å². The lowest BCUT2D eigenvalue weighted by Gasteiger charge is -2.42. The molecule has 1 aromatic heterocycles. The minimum Gasteiger partial charge on any atom is -0.465 e. The van der Waals surface area contributed by atoms with Gasteiger partial charge in [-0.3, -0.25) is 9.59 Å². The molecule has 1 rings (SSSR count). The van der Waals surface area contributed by atoms with Crippen molar-refractivity contribution >= 4 is 11.9 Å². The number of aryl methyl sites for hydroxylation is 1. The molecule has 1 atom stereocenters. The third-order valence-electron chi connectivity index (χ3n) is 4.31. The first-order valence-electron chi connectivity index (χ1n) is 8.48. The summed E-state index contributed by atoms with van der Waals surface area (Å²) in [6, 6.07) is 0. The van der Waals surface area contributed by atoms with Crippen molar-refractivity contribution in [2.45, 2.75) is 53.9 Å². The van der Waals surface area contributed by atoms with E-state index in [9.17, 15) is 9.59 Å². The maximum atomic E-state index is 12.9. The van der Waals surface area contributed by atoms with Gasteiger partial charge in [0, 0.05) is 25.4 Å². The van der Waals surface area contributed by atoms with E-state index in [1.807, 2.05) is 45.5 Å². The summed E-state index contributed by atoms with van der Waals surface area (Å²) in [5, 5.41) is 0. The third-order valence-corrected chi connectivity index (χ3v) is 4.31. The van der Waals surface area contributed by atoms with Crippen molar-refractivity contribution in [2.24, 2.45) is 17.9 Å². The van der Waals surface area contributed by atoms with Crippen molar-refractivity contribution in [1.82, 2.24) is 9.55 Å². The number of hydrogen-bond donors (Lipinski definition) is 0. The molecule has 0 amide bonds. The first-order valence-corrected chi connectivity index (χ1v) is 8.48. The molecule has 0 saturated carbocycles. The molecule has 6 nitrogen and oxygen atoms in total. The Bertz CT molecular complexity index is 554. The summed E-state index contributed by atoms with van der Waals surface area (Å²) < 4.78 is 12.5. The Morgan fingerprint density at radius 2 is 1.62 bits per heavy atom. The smallest absolute Gasteiger partial charge is 0.324 e. The van der Waals surface area contributed by atoms with Crippen LogP contribution in [-0.2, 0) is 26.1 Å². The van der Waals surface area contributed by atoms with Gasteiger partial charge < -0.3 is 14.0 Å². The van der Waals surface area contributed by atoms with Crippen LogP contribution in [0.15, 0.2) is 12.4 Å². The Morgan fingerprint density at radius 1 is 1.12 bits per heavy atom. The molecule has 0 saturated heterocycles. The van der Waals surface area contributed by atoms with Crippen LogP contribution in [-0.4, -0.2) is 34.7 Å². The highest BCUT2D eigenvalue weighted by molar-refractivity contribution is 6.01. The molecule has 24 heavy (non-hydrogen) atoms. The number of hydrogen-bond acceptors (Lipinski definition) is 5. The molecule has 0 fully saturated rings. The highest BCUT2D eigenvalue weighted by Gasteiger charge is 2.59. The standard InChI is InChI=1S/C18H30N2O4/c1-8-18(15(21)23-9-2,16(22)24-10-3)13(17(4,5)6)14-19-11-12-20(14)7/h11-13H,8-10H2,1-7H3. The average Bonchev–Trinajstić information content (AvgIpc) is 2.89. The second kappa shape index (κ2) is 7.81. The van der Waals surface area contributed by atoms with Gasteiger partial charge in [0.1, 0.15) is 5.82 Å². The lowest BCUT2D eigenvalue weighted by Crippen LogP contribution is -2.51. The minimum atomic E-state index is -1.43. The molecule has 0 radical (unpaired) electrons. The normalized spacial score (nSPS) is 13.5. The summed E-state index contributed by atoms with van der Waals surface area (Å²) in [7, 11) is 1.86. The number of carbonyl (C=O) groups excluding carboxylic acids is 2. The van der Waals surface area contributed by atoms with E-state index in [0.29, 0.717) is 5.82 Å². The molecule has 0 aromatic carbocycles. The summed E-state index contributed by atoms with van der Waals surface area (Å²) in [5.74, 6) is -0.902. The Morgan fingerprint density at radius 3 is 1.92 bits per heavy atom. The predicted octanol–water partition coefficient (Wildman–Crippen LogP) is 3.07. The summed E-state index contributed by atoms with van der Waals surface area (Å²) in [6.07, 6.45) is 3.76. The Kier molecular flexibility index (Phi) is 6.58. The number of ether oxygens (including phenoxy) is 2. The van der Waals surface area contributed by atoms with E-state index in [1.54, 1.807) is 20.0 Å². The van der Waals surface area contributed by atoms with Crippen molar-refractivity contribution in [2.75, 3.05) is 13.2 Å². The van der Waals surface area contributed by atoms with Crippen LogP contribution in [0.5, 0.6) is 0 Å². The number of rotatable bonds is 7. The lowest BCUT2D eigenvalue weighted by molar-refractivity contribution is -0.177. The summed E-state index contributed by atoms with van der Waals surface area (Å²) in [6.45, 7) is 11.7. The maximum Gasteiger partial charge on any atom is 0.324 e. The Labute approximate surface area is 144 Å². The van der Waals surface area contributed by atoms with Gasteiger partial charge in [-0.1, -0.05) is 27.7 Å². The van der Waals surface area contributed by atoms with E-state index in [4.69, 9.17) is 9.47 Å². The second-order valence-electron chi connectivity index (χ2n) is 6.96. The van der Waals surface area contributed by atoms with Crippen molar-refractivity contribution in [3.8, 4) is 0 Å². The van der Waals surface area contributed by atoms with E-state index in [2.05, 4.69) is 4.98 Å². The topological polar surface area (TPSA) is 70.4 Å². The van der Waals surface area contributed by atoms with Crippen molar-refractivity contribution < 1.29 is 19.1 Å². The SMILES string of the molecule is CCOC(=O)C(CC)(C(=O)OCC)C(c1nccn1C)C(C)(C)C. The highest BCUT2D eigenvalue weighted by Crippen LogP contribution is 2.50. The van der Waals surface area contributed by atoms with Gasteiger partial charge in [-0.2, -0.15) is 0 Å². The van der Waals surface area contributed by atoms with Crippen molar-refractivity contribution in [3.63, 3.8) is 0 Å². The van der Waals surface area contributed by atoms with Crippen LogP contribution in [0.25, 0.3) is 0 Å². The van der Waals surface area contributed by atoms with E-state index >= 15 is 0 Å². The molecule has 0 aliphatic rings. The molecule has 0 aliphatic carbocycles. The van der Waals surface area contributed by atoms with E-state index in [1.165, 1.54) is 0 Å². The van der Waals surface area contributed by atoms with Crippen LogP contribution < -0.4 is 0 Å². The van der Waals surface area contributed by atoms with Gasteiger partial charge in [0.05, 0.1) is 13.2 Å². The quantitative estimate of drug-likeness (QED) is 0.564. The fraction of sp³-hybridized carbons (Fsp3) is 0.722. The highest BCUT2D eigenvalue weighted by atomic mass is 16.6. The minimum absolute atomic E-state index is 0.206. The zero-order chi connectivity index (χ0) is 18.5. The first kappa shape index (κ1) is 20.2. The molecule has 0 N–H and O–H groups in total. The number of aromatic nitrogens is 2. The zero-order valence-electron chi connectivity index (χ0n) is 15.9. The molecule has 1 aromatic rings. The van der Waals surface area contributed by atoms with Crippen molar-refractivity contribution in [1.29, 1.82) is 0 Å². The predicted molar refractivity (Wildman–Crippen MR) is 91.4 cm³/mol. The fourth-order valence-corrected chi connectivity index (χ4v) is 3.33. The van der Waals surface area contributed by atoms with Gasteiger partial charge in [-0.25, -0.2) is 4.98 Å². The van der Waals surface area contributed by atoms with Crippen LogP contribution in [0, 0.1) is 10.8 Å². The second-order valence-corrected chi connectivity index (χ2v) is 6.96. The molecular formula is C18H30N2O4. The third kappa shape index (κ3) is 3.62. The van der Waals surface area contributed by atoms with Gasteiger partial charge >= 0.3 is 11.9 Å². The molecule has 136 valence electrons. The monoisotopic (exact) mass is 338 g/mol. The van der Waals surface area contributed by atoms with Gasteiger partial charge in [-0.05, 0) is 25.7 Å². The van der Waals surface area contributed by atoms with Gasteiger partial charge in [-0.15, -0.1) is 0 Å². The molecular weight excluding hydrogens is 308 g/mol. The maximum absolute atomic E-state index is 12.9. The zero-order valence-corrected chi connectivity index (χ0v) is 15.9. The van der Waals surface area contributed by atoms with Gasteiger partial charge in [0.15, 0.2) is 5.41 Å². The molecule has 6 heteroatoms. The largest absolute Gasteiger partial charge is 0.465 e. The Balaban J connectivity index is 3.65. The Hall–Kier alpha value is -1.85. The van der Waals surface area contributed by atoms with Crippen LogP contribution >= 0.6 is 0 Å². The van der Waals surface area contributed by atoms with Crippen LogP contribution in [0.4, 0.5) is 0 Å². The first-order chi connectivity index (χ1) is 11.2. The molecule has 0 spiro atoms. The van der Waals surface area contributed by atoms with Gasteiger partial charge in [0.25, 0.3) is 0 Å². The van der Waals surface area contributed by atoms with E-state index in [-0.39, 0.29) is 19.6 Å². The fourth-order valence-electron chi connectivity index (χ4n) is 3.33. The number of carbonyl (C=O) groups is 2. The van der Waals surface area contributed by atoms with Crippen molar-refractivity contribution in [3.05, 3.63) is 18.2 Å². The van der Waals surface area contributed by atoms with E-state index in [0.717, 1.165) is 0 Å². The summed E-state index contributed by atoms with van der Waals surface area (Å²) >= 11 is 0. The summed E-state index contributed by atoms with van der Waals surface area (Å²) in [4.78, 5) is 30.3. The average molecular weight is 338 g/mol. The molecule has 0 bridgehead atoms. The number of nitrogens with zero attached hydrogens (tertiary/aromatic N) is 2. The number of esters is 2. The summed E-state index contributed by atoms with van der Waals surface area (Å²) in [5.41, 5.74) is -1.84. The number of imidazole rings is 1.